The molecule has 0 amide bonds. The summed E-state index contributed by atoms with van der Waals surface area (Å²) in [7, 11) is 0. The lowest BCUT2D eigenvalue weighted by molar-refractivity contribution is 0.660. The van der Waals surface area contributed by atoms with Crippen molar-refractivity contribution < 1.29 is 0 Å². The molecule has 9 aromatic carbocycles. The highest BCUT2D eigenvalue weighted by atomic mass is 15.0. The van der Waals surface area contributed by atoms with E-state index in [1.807, 2.05) is 0 Å². The van der Waals surface area contributed by atoms with Crippen LogP contribution < -0.4 is 0 Å². The lowest BCUT2D eigenvalue weighted by atomic mass is 9.82. The molecule has 0 bridgehead atoms. The molecule has 1 aliphatic rings. The van der Waals surface area contributed by atoms with Crippen molar-refractivity contribution in [1.82, 2.24) is 4.57 Å². The Balaban J connectivity index is 1.04. The van der Waals surface area contributed by atoms with Crippen molar-refractivity contribution in [3.63, 3.8) is 0 Å². The van der Waals surface area contributed by atoms with Crippen LogP contribution in [0, 0.1) is 0 Å². The molecule has 1 aromatic heterocycles. The number of hydrogen-bond acceptors (Lipinski definition) is 0. The van der Waals surface area contributed by atoms with Gasteiger partial charge in [0.25, 0.3) is 0 Å². The van der Waals surface area contributed by atoms with E-state index in [1.165, 1.54) is 105 Å². The van der Waals surface area contributed by atoms with Crippen LogP contribution in [0.2, 0.25) is 0 Å². The Morgan fingerprint density at radius 3 is 1.50 bits per heavy atom. The first-order chi connectivity index (χ1) is 27.5. The van der Waals surface area contributed by atoms with Gasteiger partial charge >= 0.3 is 0 Å². The van der Waals surface area contributed by atoms with Gasteiger partial charge in [-0.15, -0.1) is 0 Å². The molecule has 1 heterocycles. The van der Waals surface area contributed by atoms with Crippen LogP contribution in [0.15, 0.2) is 200 Å². The fraction of sp³-hybridized carbons (Fsp3) is 0.0545. The minimum atomic E-state index is -0.0729. The van der Waals surface area contributed by atoms with Crippen LogP contribution in [-0.4, -0.2) is 4.57 Å². The molecular formula is C55H39N. The molecule has 0 aliphatic heterocycles. The number of nitrogens with zero attached hydrogens (tertiary/aromatic N) is 1. The number of benzene rings is 9. The van der Waals surface area contributed by atoms with Gasteiger partial charge in [0.05, 0.1) is 5.52 Å². The molecule has 0 saturated heterocycles. The average Bonchev–Trinajstić information content (AvgIpc) is 3.75. The van der Waals surface area contributed by atoms with Crippen LogP contribution in [0.4, 0.5) is 0 Å². The first kappa shape index (κ1) is 32.5. The third kappa shape index (κ3) is 5.08. The van der Waals surface area contributed by atoms with E-state index in [9.17, 15) is 0 Å². The van der Waals surface area contributed by atoms with Crippen molar-refractivity contribution in [2.24, 2.45) is 0 Å². The number of rotatable bonds is 5. The Kier molecular flexibility index (Phi) is 7.28. The molecule has 1 aliphatic carbocycles. The molecule has 0 spiro atoms. The van der Waals surface area contributed by atoms with Crippen molar-refractivity contribution in [3.05, 3.63) is 211 Å². The summed E-state index contributed by atoms with van der Waals surface area (Å²) in [6.45, 7) is 4.71. The summed E-state index contributed by atoms with van der Waals surface area (Å²) in [5.41, 5.74) is 17.6. The van der Waals surface area contributed by atoms with Crippen molar-refractivity contribution in [2.45, 2.75) is 19.3 Å². The molecule has 0 radical (unpaired) electrons. The third-order valence-corrected chi connectivity index (χ3v) is 12.3. The molecule has 1 nitrogen and oxygen atoms in total. The molecule has 264 valence electrons. The Morgan fingerprint density at radius 1 is 0.339 bits per heavy atom. The molecule has 0 fully saturated rings. The molecule has 0 atom stereocenters. The fourth-order valence-electron chi connectivity index (χ4n) is 9.32. The van der Waals surface area contributed by atoms with Gasteiger partial charge in [0.1, 0.15) is 0 Å². The zero-order valence-electron chi connectivity index (χ0n) is 31.5. The van der Waals surface area contributed by atoms with E-state index in [1.54, 1.807) is 0 Å². The second-order valence-electron chi connectivity index (χ2n) is 15.8. The minimum absolute atomic E-state index is 0.0729. The van der Waals surface area contributed by atoms with Gasteiger partial charge < -0.3 is 4.57 Å². The summed E-state index contributed by atoms with van der Waals surface area (Å²) in [6.07, 6.45) is 2.35. The van der Waals surface area contributed by atoms with Crippen LogP contribution in [0.5, 0.6) is 0 Å². The Hall–Kier alpha value is -6.96. The molecular weight excluding hydrogens is 675 g/mol. The maximum atomic E-state index is 2.42. The van der Waals surface area contributed by atoms with Crippen LogP contribution in [0.1, 0.15) is 25.0 Å². The second-order valence-corrected chi connectivity index (χ2v) is 15.8. The monoisotopic (exact) mass is 713 g/mol. The average molecular weight is 714 g/mol. The van der Waals surface area contributed by atoms with Crippen molar-refractivity contribution in [2.75, 3.05) is 0 Å². The molecule has 56 heavy (non-hydrogen) atoms. The topological polar surface area (TPSA) is 4.93 Å². The SMILES string of the molecule is CC1(C)c2ccccc2-c2ccc(-n3cc(-c4ccc(-c5cccc6ccccc56)cc4)c4cc(-c5ccc(-c6cccc7ccccc67)cc5)ccc43)cc21. The number of fused-ring (bicyclic) bond motifs is 6. The summed E-state index contributed by atoms with van der Waals surface area (Å²) < 4.78 is 2.40. The van der Waals surface area contributed by atoms with Crippen molar-refractivity contribution in [1.29, 1.82) is 0 Å². The fourth-order valence-corrected chi connectivity index (χ4v) is 9.32. The smallest absolute Gasteiger partial charge is 0.0535 e. The van der Waals surface area contributed by atoms with E-state index in [-0.39, 0.29) is 5.41 Å². The summed E-state index contributed by atoms with van der Waals surface area (Å²) in [4.78, 5) is 0. The van der Waals surface area contributed by atoms with Gasteiger partial charge in [0.2, 0.25) is 0 Å². The summed E-state index contributed by atoms with van der Waals surface area (Å²) in [5, 5.41) is 6.31. The lowest BCUT2D eigenvalue weighted by Crippen LogP contribution is -2.15. The van der Waals surface area contributed by atoms with E-state index < -0.39 is 0 Å². The van der Waals surface area contributed by atoms with Gasteiger partial charge in [-0.05, 0) is 107 Å². The van der Waals surface area contributed by atoms with E-state index >= 15 is 0 Å². The van der Waals surface area contributed by atoms with Crippen molar-refractivity contribution in [3.8, 4) is 61.3 Å². The number of hydrogen-bond donors (Lipinski definition) is 0. The Bertz CT molecular complexity index is 3130. The minimum Gasteiger partial charge on any atom is -0.316 e. The maximum absolute atomic E-state index is 2.42. The van der Waals surface area contributed by atoms with Crippen molar-refractivity contribution >= 4 is 32.4 Å². The van der Waals surface area contributed by atoms with E-state index in [2.05, 4.69) is 219 Å². The predicted molar refractivity (Wildman–Crippen MR) is 238 cm³/mol. The zero-order valence-corrected chi connectivity index (χ0v) is 31.5. The highest BCUT2D eigenvalue weighted by Crippen LogP contribution is 2.49. The molecule has 0 saturated carbocycles. The van der Waals surface area contributed by atoms with Gasteiger partial charge in [-0.3, -0.25) is 0 Å². The first-order valence-electron chi connectivity index (χ1n) is 19.6. The quantitative estimate of drug-likeness (QED) is 0.167. The van der Waals surface area contributed by atoms with Gasteiger partial charge in [-0.1, -0.05) is 184 Å². The third-order valence-electron chi connectivity index (χ3n) is 12.3. The van der Waals surface area contributed by atoms with E-state index in [4.69, 9.17) is 0 Å². The van der Waals surface area contributed by atoms with Gasteiger partial charge in [0.15, 0.2) is 0 Å². The first-order valence-corrected chi connectivity index (χ1v) is 19.6. The molecule has 1 heteroatoms. The molecule has 11 rings (SSSR count). The second kappa shape index (κ2) is 12.5. The van der Waals surface area contributed by atoms with Crippen LogP contribution in [0.3, 0.4) is 0 Å². The summed E-state index contributed by atoms with van der Waals surface area (Å²) in [6, 6.07) is 71.6. The van der Waals surface area contributed by atoms with Crippen LogP contribution >= 0.6 is 0 Å². The lowest BCUT2D eigenvalue weighted by Gasteiger charge is -2.22. The maximum Gasteiger partial charge on any atom is 0.0535 e. The largest absolute Gasteiger partial charge is 0.316 e. The van der Waals surface area contributed by atoms with Crippen LogP contribution in [0.25, 0.3) is 93.8 Å². The summed E-state index contributed by atoms with van der Waals surface area (Å²) in [5.74, 6) is 0. The van der Waals surface area contributed by atoms with Gasteiger partial charge in [0, 0.05) is 28.2 Å². The van der Waals surface area contributed by atoms with Gasteiger partial charge in [-0.25, -0.2) is 0 Å². The highest BCUT2D eigenvalue weighted by Gasteiger charge is 2.35. The van der Waals surface area contributed by atoms with E-state index in [0.29, 0.717) is 0 Å². The molecule has 0 N–H and O–H groups in total. The zero-order chi connectivity index (χ0) is 37.4. The Morgan fingerprint density at radius 2 is 0.839 bits per heavy atom. The molecule has 0 unspecified atom stereocenters. The van der Waals surface area contributed by atoms with Gasteiger partial charge in [-0.2, -0.15) is 0 Å². The van der Waals surface area contributed by atoms with E-state index in [0.717, 1.165) is 0 Å². The van der Waals surface area contributed by atoms with Crippen LogP contribution in [-0.2, 0) is 5.41 Å². The number of aromatic nitrogens is 1. The normalized spacial score (nSPS) is 13.0. The Labute approximate surface area is 327 Å². The predicted octanol–water partition coefficient (Wildman–Crippen LogP) is 14.9. The standard InChI is InChI=1S/C55H39N/c1-55(2)52-20-8-7-17-48(52)49-31-30-43(34-53(49)55)56-35-51(41-27-25-40(26-28-41)47-19-10-14-38-12-4-6-16-45(38)47)50-33-42(29-32-54(50)56)36-21-23-39(24-22-36)46-18-9-13-37-11-3-5-15-44(37)46/h3-35H,1-2H3. The summed E-state index contributed by atoms with van der Waals surface area (Å²) >= 11 is 0. The molecule has 10 aromatic rings. The highest BCUT2D eigenvalue weighted by molar-refractivity contribution is 6.02.